The maximum Gasteiger partial charge on any atom is 0.0699 e. The molecular formula is C14H29NO2. The minimum absolute atomic E-state index is 0.398. The molecule has 0 aromatic rings. The van der Waals surface area contributed by atoms with Crippen molar-refractivity contribution in [1.29, 1.82) is 0 Å². The molecule has 1 rings (SSSR count). The fraction of sp³-hybridized carbons (Fsp3) is 1.00. The van der Waals surface area contributed by atoms with Crippen LogP contribution in [-0.2, 0) is 9.47 Å². The van der Waals surface area contributed by atoms with Crippen LogP contribution in [0.3, 0.4) is 0 Å². The molecule has 1 aliphatic rings. The Balaban J connectivity index is 2.13. The Hall–Kier alpha value is -0.120. The van der Waals surface area contributed by atoms with Crippen LogP contribution in [0, 0.1) is 5.92 Å². The predicted molar refractivity (Wildman–Crippen MR) is 71.4 cm³/mol. The maximum absolute atomic E-state index is 6.05. The molecule has 0 aromatic carbocycles. The Morgan fingerprint density at radius 2 is 2.00 bits per heavy atom. The Bertz CT molecular complexity index is 170. The van der Waals surface area contributed by atoms with Crippen molar-refractivity contribution in [3.05, 3.63) is 0 Å². The van der Waals surface area contributed by atoms with E-state index in [9.17, 15) is 0 Å². The Kier molecular flexibility index (Phi) is 8.67. The third kappa shape index (κ3) is 7.02. The second-order valence-corrected chi connectivity index (χ2v) is 5.00. The molecule has 1 saturated heterocycles. The average molecular weight is 243 g/mol. The predicted octanol–water partition coefficient (Wildman–Crippen LogP) is 2.60. The van der Waals surface area contributed by atoms with Gasteiger partial charge in [0, 0.05) is 26.4 Å². The fourth-order valence-corrected chi connectivity index (χ4v) is 2.19. The summed E-state index contributed by atoms with van der Waals surface area (Å²) in [5.74, 6) is 0.717. The minimum atomic E-state index is 0.398. The lowest BCUT2D eigenvalue weighted by Gasteiger charge is -2.25. The average Bonchev–Trinajstić information content (AvgIpc) is 2.37. The fourth-order valence-electron chi connectivity index (χ4n) is 2.19. The molecule has 102 valence electrons. The van der Waals surface area contributed by atoms with Crippen LogP contribution in [0.2, 0.25) is 0 Å². The zero-order valence-electron chi connectivity index (χ0n) is 11.5. The molecule has 1 heterocycles. The smallest absolute Gasteiger partial charge is 0.0699 e. The van der Waals surface area contributed by atoms with Crippen molar-refractivity contribution >= 4 is 0 Å². The zero-order valence-corrected chi connectivity index (χ0v) is 11.5. The van der Waals surface area contributed by atoms with E-state index in [2.05, 4.69) is 19.2 Å². The highest BCUT2D eigenvalue weighted by atomic mass is 16.5. The van der Waals surface area contributed by atoms with Crippen LogP contribution in [0.4, 0.5) is 0 Å². The number of rotatable bonds is 9. The summed E-state index contributed by atoms with van der Waals surface area (Å²) in [6, 6.07) is 0. The summed E-state index contributed by atoms with van der Waals surface area (Å²) in [7, 11) is 0. The van der Waals surface area contributed by atoms with Gasteiger partial charge in [0.2, 0.25) is 0 Å². The molecular weight excluding hydrogens is 214 g/mol. The lowest BCUT2D eigenvalue weighted by atomic mass is 10.0. The van der Waals surface area contributed by atoms with Gasteiger partial charge in [0.15, 0.2) is 0 Å². The number of ether oxygens (including phenoxy) is 2. The van der Waals surface area contributed by atoms with E-state index < -0.39 is 0 Å². The Morgan fingerprint density at radius 3 is 2.65 bits per heavy atom. The largest absolute Gasteiger partial charge is 0.381 e. The third-order valence-electron chi connectivity index (χ3n) is 3.32. The Morgan fingerprint density at radius 1 is 1.24 bits per heavy atom. The third-order valence-corrected chi connectivity index (χ3v) is 3.32. The van der Waals surface area contributed by atoms with Crippen LogP contribution in [0.15, 0.2) is 0 Å². The van der Waals surface area contributed by atoms with Crippen molar-refractivity contribution in [2.45, 2.75) is 52.1 Å². The van der Waals surface area contributed by atoms with Crippen LogP contribution in [0.5, 0.6) is 0 Å². The normalized spacial score (nSPS) is 19.4. The summed E-state index contributed by atoms with van der Waals surface area (Å²) in [5.41, 5.74) is 0. The molecule has 17 heavy (non-hydrogen) atoms. The van der Waals surface area contributed by atoms with Crippen LogP contribution in [0.25, 0.3) is 0 Å². The first kappa shape index (κ1) is 14.9. The quantitative estimate of drug-likeness (QED) is 0.631. The Labute approximate surface area is 106 Å². The molecule has 0 radical (unpaired) electrons. The zero-order chi connectivity index (χ0) is 12.3. The summed E-state index contributed by atoms with van der Waals surface area (Å²) in [5, 5.41) is 3.46. The second-order valence-electron chi connectivity index (χ2n) is 5.00. The van der Waals surface area contributed by atoms with Crippen molar-refractivity contribution in [2.24, 2.45) is 5.92 Å². The SMILES string of the molecule is CCCNCC(CCC)OCC1CCOCC1. The molecule has 0 bridgehead atoms. The molecule has 0 amide bonds. The monoisotopic (exact) mass is 243 g/mol. The molecule has 0 aromatic heterocycles. The van der Waals surface area contributed by atoms with E-state index >= 15 is 0 Å². The first-order chi connectivity index (χ1) is 8.36. The maximum atomic E-state index is 6.05. The highest BCUT2D eigenvalue weighted by Crippen LogP contribution is 2.16. The summed E-state index contributed by atoms with van der Waals surface area (Å²) in [4.78, 5) is 0. The standard InChI is InChI=1S/C14H29NO2/c1-3-5-14(11-15-8-4-2)17-12-13-6-9-16-10-7-13/h13-15H,3-12H2,1-2H3. The lowest BCUT2D eigenvalue weighted by Crippen LogP contribution is -2.32. The van der Waals surface area contributed by atoms with Crippen LogP contribution >= 0.6 is 0 Å². The van der Waals surface area contributed by atoms with Gasteiger partial charge in [-0.1, -0.05) is 20.3 Å². The van der Waals surface area contributed by atoms with Gasteiger partial charge in [-0.2, -0.15) is 0 Å². The molecule has 3 nitrogen and oxygen atoms in total. The first-order valence-corrected chi connectivity index (χ1v) is 7.26. The van der Waals surface area contributed by atoms with Crippen molar-refractivity contribution in [2.75, 3.05) is 32.9 Å². The minimum Gasteiger partial charge on any atom is -0.381 e. The molecule has 1 atom stereocenters. The topological polar surface area (TPSA) is 30.5 Å². The van der Waals surface area contributed by atoms with E-state index in [0.717, 1.165) is 32.9 Å². The van der Waals surface area contributed by atoms with Gasteiger partial charge in [0.25, 0.3) is 0 Å². The molecule has 0 spiro atoms. The molecule has 1 N–H and O–H groups in total. The highest BCUT2D eigenvalue weighted by molar-refractivity contribution is 4.66. The highest BCUT2D eigenvalue weighted by Gasteiger charge is 2.16. The van der Waals surface area contributed by atoms with Crippen LogP contribution in [-0.4, -0.2) is 39.0 Å². The van der Waals surface area contributed by atoms with Gasteiger partial charge < -0.3 is 14.8 Å². The molecule has 0 saturated carbocycles. The van der Waals surface area contributed by atoms with E-state index in [1.807, 2.05) is 0 Å². The van der Waals surface area contributed by atoms with Crippen LogP contribution in [0.1, 0.15) is 46.0 Å². The van der Waals surface area contributed by atoms with E-state index in [-0.39, 0.29) is 0 Å². The van der Waals surface area contributed by atoms with E-state index in [0.29, 0.717) is 12.0 Å². The summed E-state index contributed by atoms with van der Waals surface area (Å²) < 4.78 is 11.4. The van der Waals surface area contributed by atoms with Crippen molar-refractivity contribution < 1.29 is 9.47 Å². The van der Waals surface area contributed by atoms with Gasteiger partial charge in [0.05, 0.1) is 6.10 Å². The van der Waals surface area contributed by atoms with Gasteiger partial charge in [0.1, 0.15) is 0 Å². The second kappa shape index (κ2) is 9.86. The summed E-state index contributed by atoms with van der Waals surface area (Å²) >= 11 is 0. The van der Waals surface area contributed by atoms with Crippen LogP contribution < -0.4 is 5.32 Å². The first-order valence-electron chi connectivity index (χ1n) is 7.26. The van der Waals surface area contributed by atoms with Gasteiger partial charge in [-0.3, -0.25) is 0 Å². The number of nitrogens with one attached hydrogen (secondary N) is 1. The molecule has 1 unspecified atom stereocenters. The lowest BCUT2D eigenvalue weighted by molar-refractivity contribution is -0.0131. The molecule has 0 aliphatic carbocycles. The van der Waals surface area contributed by atoms with Crippen molar-refractivity contribution in [3.8, 4) is 0 Å². The molecule has 3 heteroatoms. The van der Waals surface area contributed by atoms with Gasteiger partial charge >= 0.3 is 0 Å². The molecule has 1 aliphatic heterocycles. The van der Waals surface area contributed by atoms with Crippen molar-refractivity contribution in [1.82, 2.24) is 5.32 Å². The van der Waals surface area contributed by atoms with Gasteiger partial charge in [-0.05, 0) is 38.1 Å². The molecule has 1 fully saturated rings. The summed E-state index contributed by atoms with van der Waals surface area (Å²) in [6.07, 6.45) is 6.29. The van der Waals surface area contributed by atoms with Gasteiger partial charge in [-0.25, -0.2) is 0 Å². The van der Waals surface area contributed by atoms with Gasteiger partial charge in [-0.15, -0.1) is 0 Å². The summed E-state index contributed by atoms with van der Waals surface area (Å²) in [6.45, 7) is 9.28. The van der Waals surface area contributed by atoms with E-state index in [4.69, 9.17) is 9.47 Å². The number of hydrogen-bond acceptors (Lipinski definition) is 3. The van der Waals surface area contributed by atoms with E-state index in [1.165, 1.54) is 32.1 Å². The van der Waals surface area contributed by atoms with Crippen molar-refractivity contribution in [3.63, 3.8) is 0 Å². The van der Waals surface area contributed by atoms with E-state index in [1.54, 1.807) is 0 Å². The number of hydrogen-bond donors (Lipinski definition) is 1.